The summed E-state index contributed by atoms with van der Waals surface area (Å²) in [6.45, 7) is 1.68. The Bertz CT molecular complexity index is 505. The van der Waals surface area contributed by atoms with Crippen molar-refractivity contribution in [3.8, 4) is 0 Å². The highest BCUT2D eigenvalue weighted by atomic mass is 35.5. The van der Waals surface area contributed by atoms with E-state index >= 15 is 0 Å². The van der Waals surface area contributed by atoms with Gasteiger partial charge in [-0.05, 0) is 13.3 Å². The third-order valence-electron chi connectivity index (χ3n) is 2.18. The van der Waals surface area contributed by atoms with E-state index in [4.69, 9.17) is 16.7 Å². The number of hydrogen-bond donors (Lipinski definition) is 2. The Morgan fingerprint density at radius 3 is 2.81 bits per heavy atom. The van der Waals surface area contributed by atoms with Crippen LogP contribution in [-0.2, 0) is 4.79 Å². The van der Waals surface area contributed by atoms with Crippen LogP contribution in [0, 0.1) is 0 Å². The van der Waals surface area contributed by atoms with Crippen LogP contribution < -0.4 is 11.2 Å². The smallest absolute Gasteiger partial charge is 0.328 e. The Labute approximate surface area is 95.5 Å². The molecule has 6 nitrogen and oxygen atoms in total. The number of H-pyrrole nitrogens is 1. The Kier molecular flexibility index (Phi) is 3.89. The predicted octanol–water partition coefficient (Wildman–Crippen LogP) is 0.616. The quantitative estimate of drug-likeness (QED) is 0.814. The van der Waals surface area contributed by atoms with Gasteiger partial charge in [0.2, 0.25) is 0 Å². The predicted molar refractivity (Wildman–Crippen MR) is 57.9 cm³/mol. The van der Waals surface area contributed by atoms with Crippen LogP contribution in [0.15, 0.2) is 15.8 Å². The lowest BCUT2D eigenvalue weighted by molar-refractivity contribution is -0.137. The van der Waals surface area contributed by atoms with Crippen molar-refractivity contribution in [3.05, 3.63) is 32.1 Å². The largest absolute Gasteiger partial charge is 0.481 e. The number of aromatic nitrogens is 2. The fourth-order valence-corrected chi connectivity index (χ4v) is 1.41. The first-order valence-corrected chi connectivity index (χ1v) is 5.02. The van der Waals surface area contributed by atoms with Crippen molar-refractivity contribution in [1.82, 2.24) is 9.55 Å². The third-order valence-corrected chi connectivity index (χ3v) is 2.44. The van der Waals surface area contributed by atoms with Crippen LogP contribution in [0.25, 0.3) is 0 Å². The highest BCUT2D eigenvalue weighted by Crippen LogP contribution is 2.11. The van der Waals surface area contributed by atoms with Crippen LogP contribution >= 0.6 is 11.6 Å². The summed E-state index contributed by atoms with van der Waals surface area (Å²) >= 11 is 5.57. The van der Waals surface area contributed by atoms with Crippen LogP contribution in [0.5, 0.6) is 0 Å². The minimum absolute atomic E-state index is 0.0512. The van der Waals surface area contributed by atoms with E-state index in [1.807, 2.05) is 4.98 Å². The van der Waals surface area contributed by atoms with E-state index in [9.17, 15) is 14.4 Å². The molecule has 0 saturated carbocycles. The molecule has 0 aliphatic carbocycles. The van der Waals surface area contributed by atoms with E-state index in [-0.39, 0.29) is 23.9 Å². The number of aliphatic carboxylic acids is 1. The van der Waals surface area contributed by atoms with Gasteiger partial charge in [-0.2, -0.15) is 0 Å². The SMILES string of the molecule is CC(CCC(=O)O)n1cc(Cl)c(=O)[nH]c1=O. The number of nitrogens with one attached hydrogen (secondary N) is 1. The molecule has 1 heterocycles. The van der Waals surface area contributed by atoms with E-state index in [1.54, 1.807) is 6.92 Å². The minimum Gasteiger partial charge on any atom is -0.481 e. The highest BCUT2D eigenvalue weighted by molar-refractivity contribution is 6.30. The lowest BCUT2D eigenvalue weighted by atomic mass is 10.2. The molecule has 88 valence electrons. The van der Waals surface area contributed by atoms with Crippen LogP contribution in [0.2, 0.25) is 5.02 Å². The first kappa shape index (κ1) is 12.5. The van der Waals surface area contributed by atoms with Crippen LogP contribution in [-0.4, -0.2) is 20.6 Å². The number of carboxylic acids is 1. The molecule has 0 aliphatic heterocycles. The molecule has 0 aliphatic rings. The summed E-state index contributed by atoms with van der Waals surface area (Å²) in [5.41, 5.74) is -1.24. The maximum atomic E-state index is 11.4. The van der Waals surface area contributed by atoms with Crippen molar-refractivity contribution >= 4 is 17.6 Å². The average Bonchev–Trinajstić information content (AvgIpc) is 2.20. The zero-order valence-corrected chi connectivity index (χ0v) is 9.32. The van der Waals surface area contributed by atoms with E-state index in [2.05, 4.69) is 0 Å². The highest BCUT2D eigenvalue weighted by Gasteiger charge is 2.10. The molecule has 1 atom stereocenters. The van der Waals surface area contributed by atoms with Crippen molar-refractivity contribution in [3.63, 3.8) is 0 Å². The van der Waals surface area contributed by atoms with Gasteiger partial charge in [0.15, 0.2) is 0 Å². The lowest BCUT2D eigenvalue weighted by Crippen LogP contribution is -2.31. The molecule has 0 fully saturated rings. The van der Waals surface area contributed by atoms with Crippen LogP contribution in [0.3, 0.4) is 0 Å². The molecule has 16 heavy (non-hydrogen) atoms. The van der Waals surface area contributed by atoms with Crippen molar-refractivity contribution < 1.29 is 9.90 Å². The second kappa shape index (κ2) is 4.98. The van der Waals surface area contributed by atoms with Crippen LogP contribution in [0.4, 0.5) is 0 Å². The summed E-state index contributed by atoms with van der Waals surface area (Å²) in [4.78, 5) is 34.8. The fraction of sp³-hybridized carbons (Fsp3) is 0.444. The second-order valence-electron chi connectivity index (χ2n) is 3.43. The minimum atomic E-state index is -0.935. The number of rotatable bonds is 4. The zero-order chi connectivity index (χ0) is 12.3. The molecule has 7 heteroatoms. The van der Waals surface area contributed by atoms with Gasteiger partial charge >= 0.3 is 11.7 Å². The molecular weight excluding hydrogens is 236 g/mol. The van der Waals surface area contributed by atoms with Gasteiger partial charge < -0.3 is 5.11 Å². The normalized spacial score (nSPS) is 12.4. The molecule has 1 unspecified atom stereocenters. The van der Waals surface area contributed by atoms with E-state index < -0.39 is 17.2 Å². The zero-order valence-electron chi connectivity index (χ0n) is 8.57. The lowest BCUT2D eigenvalue weighted by Gasteiger charge is -2.13. The standard InChI is InChI=1S/C9H11ClN2O4/c1-5(2-3-7(13)14)12-4-6(10)8(15)11-9(12)16/h4-5H,2-3H2,1H3,(H,13,14)(H,11,15,16). The number of hydrogen-bond acceptors (Lipinski definition) is 3. The molecular formula is C9H11ClN2O4. The Balaban J connectivity index is 2.95. The van der Waals surface area contributed by atoms with Gasteiger partial charge in [-0.15, -0.1) is 0 Å². The van der Waals surface area contributed by atoms with E-state index in [0.29, 0.717) is 0 Å². The topological polar surface area (TPSA) is 92.2 Å². The van der Waals surface area contributed by atoms with Gasteiger partial charge in [0.05, 0.1) is 0 Å². The van der Waals surface area contributed by atoms with Crippen molar-refractivity contribution in [2.45, 2.75) is 25.8 Å². The monoisotopic (exact) mass is 246 g/mol. The molecule has 1 aromatic heterocycles. The first-order valence-electron chi connectivity index (χ1n) is 4.64. The van der Waals surface area contributed by atoms with Gasteiger partial charge in [-0.3, -0.25) is 19.1 Å². The van der Waals surface area contributed by atoms with Gasteiger partial charge in [-0.25, -0.2) is 4.79 Å². The summed E-state index contributed by atoms with van der Waals surface area (Å²) in [6.07, 6.45) is 1.46. The maximum absolute atomic E-state index is 11.4. The molecule has 0 radical (unpaired) electrons. The van der Waals surface area contributed by atoms with Crippen molar-refractivity contribution in [2.75, 3.05) is 0 Å². The Morgan fingerprint density at radius 1 is 1.62 bits per heavy atom. The molecule has 0 bridgehead atoms. The summed E-state index contributed by atoms with van der Waals surface area (Å²) in [6, 6.07) is -0.335. The number of carbonyl (C=O) groups is 1. The fourth-order valence-electron chi connectivity index (χ4n) is 1.26. The number of carboxylic acid groups (broad SMARTS) is 1. The third kappa shape index (κ3) is 2.96. The summed E-state index contributed by atoms with van der Waals surface area (Å²) in [7, 11) is 0. The van der Waals surface area contributed by atoms with Gasteiger partial charge in [0.1, 0.15) is 5.02 Å². The molecule has 1 rings (SSSR count). The van der Waals surface area contributed by atoms with Gasteiger partial charge in [-0.1, -0.05) is 11.6 Å². The first-order chi connectivity index (χ1) is 7.41. The van der Waals surface area contributed by atoms with Crippen LogP contribution in [0.1, 0.15) is 25.8 Å². The number of halogens is 1. The van der Waals surface area contributed by atoms with E-state index in [1.165, 1.54) is 10.8 Å². The van der Waals surface area contributed by atoms with Gasteiger partial charge in [0, 0.05) is 18.7 Å². The number of nitrogens with zero attached hydrogens (tertiary/aromatic N) is 1. The summed E-state index contributed by atoms with van der Waals surface area (Å²) in [5, 5.41) is 8.41. The molecule has 0 amide bonds. The van der Waals surface area contributed by atoms with Crippen molar-refractivity contribution in [2.24, 2.45) is 0 Å². The Morgan fingerprint density at radius 2 is 2.25 bits per heavy atom. The van der Waals surface area contributed by atoms with Gasteiger partial charge in [0.25, 0.3) is 5.56 Å². The van der Waals surface area contributed by atoms with Crippen molar-refractivity contribution in [1.29, 1.82) is 0 Å². The molecule has 0 spiro atoms. The molecule has 2 N–H and O–H groups in total. The summed E-state index contributed by atoms with van der Waals surface area (Å²) < 4.78 is 1.21. The molecule has 0 saturated heterocycles. The second-order valence-corrected chi connectivity index (χ2v) is 3.83. The van der Waals surface area contributed by atoms with E-state index in [0.717, 1.165) is 0 Å². The number of aromatic amines is 1. The average molecular weight is 247 g/mol. The summed E-state index contributed by atoms with van der Waals surface area (Å²) in [5.74, 6) is -0.935. The molecule has 1 aromatic rings. The maximum Gasteiger partial charge on any atom is 0.328 e. The molecule has 0 aromatic carbocycles. The Hall–Kier alpha value is -1.56.